The number of nitrogens with zero attached hydrogens (tertiary/aromatic N) is 1. The van der Waals surface area contributed by atoms with Crippen LogP contribution in [0.15, 0.2) is 34.8 Å². The summed E-state index contributed by atoms with van der Waals surface area (Å²) in [5.41, 5.74) is 1.44. The summed E-state index contributed by atoms with van der Waals surface area (Å²) >= 11 is 9.38. The number of nitro benzene ring substituents is 1. The first-order chi connectivity index (χ1) is 9.36. The minimum atomic E-state index is -0.684. The molecule has 2 rings (SSSR count). The highest BCUT2D eigenvalue weighted by Gasteiger charge is 2.11. The second-order valence-electron chi connectivity index (χ2n) is 4.16. The Morgan fingerprint density at radius 2 is 2.00 bits per heavy atom. The Morgan fingerprint density at radius 3 is 2.65 bits per heavy atom. The largest absolute Gasteiger partial charge is 0.354 e. The third-order valence-electron chi connectivity index (χ3n) is 2.62. The molecule has 2 aromatic carbocycles. The Balaban J connectivity index is 2.40. The molecule has 0 atom stereocenters. The lowest BCUT2D eigenvalue weighted by molar-refractivity contribution is -0.385. The number of hydrogen-bond donors (Lipinski definition) is 1. The zero-order valence-electron chi connectivity index (χ0n) is 10.3. The van der Waals surface area contributed by atoms with E-state index in [1.807, 2.05) is 6.92 Å². The number of rotatable bonds is 3. The smallest absolute Gasteiger partial charge is 0.274 e. The first-order valence-electron chi connectivity index (χ1n) is 5.54. The van der Waals surface area contributed by atoms with Crippen molar-refractivity contribution in [3.8, 4) is 0 Å². The van der Waals surface area contributed by atoms with Gasteiger partial charge in [-0.2, -0.15) is 0 Å². The van der Waals surface area contributed by atoms with Gasteiger partial charge in [-0.3, -0.25) is 10.1 Å². The number of benzene rings is 2. The van der Waals surface area contributed by atoms with Crippen LogP contribution in [-0.4, -0.2) is 4.92 Å². The first-order valence-corrected chi connectivity index (χ1v) is 6.71. The Bertz CT molecular complexity index is 694. The number of hydrogen-bond acceptors (Lipinski definition) is 3. The van der Waals surface area contributed by atoms with E-state index in [0.717, 1.165) is 16.1 Å². The molecule has 0 aliphatic carbocycles. The molecule has 0 fully saturated rings. The highest BCUT2D eigenvalue weighted by atomic mass is 79.9. The first kappa shape index (κ1) is 14.7. The van der Waals surface area contributed by atoms with Crippen molar-refractivity contribution in [2.75, 3.05) is 5.32 Å². The number of aryl methyl sites for hydroxylation is 1. The number of nitrogens with one attached hydrogen (secondary N) is 1. The lowest BCUT2D eigenvalue weighted by Crippen LogP contribution is -1.96. The van der Waals surface area contributed by atoms with Gasteiger partial charge in [0.2, 0.25) is 0 Å². The van der Waals surface area contributed by atoms with Crippen LogP contribution in [0, 0.1) is 22.9 Å². The molecule has 0 amide bonds. The van der Waals surface area contributed by atoms with E-state index in [2.05, 4.69) is 21.2 Å². The summed E-state index contributed by atoms with van der Waals surface area (Å²) in [6.07, 6.45) is 0. The Morgan fingerprint density at radius 1 is 1.30 bits per heavy atom. The minimum Gasteiger partial charge on any atom is -0.354 e. The van der Waals surface area contributed by atoms with Crippen molar-refractivity contribution in [2.24, 2.45) is 0 Å². The fraction of sp³-hybridized carbons (Fsp3) is 0.0769. The molecule has 0 saturated heterocycles. The van der Waals surface area contributed by atoms with Crippen LogP contribution >= 0.6 is 27.5 Å². The second-order valence-corrected chi connectivity index (χ2v) is 5.42. The number of anilines is 2. The van der Waals surface area contributed by atoms with E-state index in [9.17, 15) is 14.5 Å². The predicted octanol–water partition coefficient (Wildman–Crippen LogP) is 5.20. The number of non-ortho nitro benzene ring substituents is 1. The van der Waals surface area contributed by atoms with Gasteiger partial charge in [0, 0.05) is 21.2 Å². The van der Waals surface area contributed by atoms with E-state index in [4.69, 9.17) is 11.6 Å². The van der Waals surface area contributed by atoms with E-state index in [1.165, 1.54) is 12.1 Å². The maximum atomic E-state index is 13.4. The van der Waals surface area contributed by atoms with Gasteiger partial charge in [-0.15, -0.1) is 0 Å². The van der Waals surface area contributed by atoms with Crippen LogP contribution in [-0.2, 0) is 0 Å². The van der Waals surface area contributed by atoms with Gasteiger partial charge < -0.3 is 5.32 Å². The zero-order valence-corrected chi connectivity index (χ0v) is 12.6. The zero-order chi connectivity index (χ0) is 14.9. The van der Waals surface area contributed by atoms with Crippen molar-refractivity contribution in [1.82, 2.24) is 0 Å². The van der Waals surface area contributed by atoms with E-state index < -0.39 is 10.7 Å². The van der Waals surface area contributed by atoms with Crippen molar-refractivity contribution in [3.05, 3.63) is 61.3 Å². The maximum absolute atomic E-state index is 13.4. The van der Waals surface area contributed by atoms with Gasteiger partial charge >= 0.3 is 0 Å². The van der Waals surface area contributed by atoms with Crippen LogP contribution in [0.2, 0.25) is 5.02 Å². The van der Waals surface area contributed by atoms with Crippen LogP contribution in [0.25, 0.3) is 0 Å². The third-order valence-corrected chi connectivity index (χ3v) is 3.68. The monoisotopic (exact) mass is 358 g/mol. The van der Waals surface area contributed by atoms with Crippen molar-refractivity contribution >= 4 is 44.6 Å². The summed E-state index contributed by atoms with van der Waals surface area (Å²) in [5, 5.41) is 14.1. The maximum Gasteiger partial charge on any atom is 0.274 e. The van der Waals surface area contributed by atoms with Crippen LogP contribution in [0.5, 0.6) is 0 Å². The molecule has 0 bridgehead atoms. The quantitative estimate of drug-likeness (QED) is 0.605. The Kier molecular flexibility index (Phi) is 4.25. The molecule has 0 aliphatic heterocycles. The lowest BCUT2D eigenvalue weighted by atomic mass is 10.2. The van der Waals surface area contributed by atoms with E-state index >= 15 is 0 Å². The average molecular weight is 360 g/mol. The standard InChI is InChI=1S/C13H9BrClFN2O2/c1-7-2-11(14)13(6-12(7)15)17-9-3-8(16)4-10(5-9)18(19)20/h2-6,17H,1H3. The van der Waals surface area contributed by atoms with Crippen molar-refractivity contribution in [1.29, 1.82) is 0 Å². The van der Waals surface area contributed by atoms with E-state index in [0.29, 0.717) is 10.7 Å². The molecular formula is C13H9BrClFN2O2. The summed E-state index contributed by atoms with van der Waals surface area (Å²) in [5.74, 6) is -0.684. The van der Waals surface area contributed by atoms with Crippen LogP contribution < -0.4 is 5.32 Å². The van der Waals surface area contributed by atoms with Gasteiger partial charge in [0.1, 0.15) is 5.82 Å². The Hall–Kier alpha value is -1.66. The average Bonchev–Trinajstić information content (AvgIpc) is 2.35. The lowest BCUT2D eigenvalue weighted by Gasteiger charge is -2.10. The molecule has 0 radical (unpaired) electrons. The molecule has 20 heavy (non-hydrogen) atoms. The fourth-order valence-electron chi connectivity index (χ4n) is 1.65. The summed E-state index contributed by atoms with van der Waals surface area (Å²) in [6.45, 7) is 1.85. The van der Waals surface area contributed by atoms with Gasteiger partial charge in [0.15, 0.2) is 0 Å². The normalized spacial score (nSPS) is 10.4. The van der Waals surface area contributed by atoms with Crippen molar-refractivity contribution in [3.63, 3.8) is 0 Å². The molecule has 4 nitrogen and oxygen atoms in total. The SMILES string of the molecule is Cc1cc(Br)c(Nc2cc(F)cc([N+](=O)[O-])c2)cc1Cl. The predicted molar refractivity (Wildman–Crippen MR) is 80.2 cm³/mol. The van der Waals surface area contributed by atoms with Crippen LogP contribution in [0.3, 0.4) is 0 Å². The minimum absolute atomic E-state index is 0.275. The summed E-state index contributed by atoms with van der Waals surface area (Å²) in [7, 11) is 0. The highest BCUT2D eigenvalue weighted by Crippen LogP contribution is 2.32. The van der Waals surface area contributed by atoms with Gasteiger partial charge in [0.05, 0.1) is 16.7 Å². The van der Waals surface area contributed by atoms with Gasteiger partial charge in [-0.05, 0) is 46.6 Å². The van der Waals surface area contributed by atoms with E-state index in [-0.39, 0.29) is 11.4 Å². The molecule has 1 N–H and O–H groups in total. The van der Waals surface area contributed by atoms with Crippen LogP contribution in [0.1, 0.15) is 5.56 Å². The molecule has 104 valence electrons. The van der Waals surface area contributed by atoms with Crippen molar-refractivity contribution < 1.29 is 9.31 Å². The number of halogens is 3. The van der Waals surface area contributed by atoms with Crippen LogP contribution in [0.4, 0.5) is 21.5 Å². The summed E-state index contributed by atoms with van der Waals surface area (Å²) < 4.78 is 14.1. The fourth-order valence-corrected chi connectivity index (χ4v) is 2.37. The molecule has 0 spiro atoms. The Labute approximate surface area is 127 Å². The third kappa shape index (κ3) is 3.26. The molecule has 0 aliphatic rings. The molecule has 0 aromatic heterocycles. The molecule has 7 heteroatoms. The molecule has 0 heterocycles. The second kappa shape index (κ2) is 5.76. The van der Waals surface area contributed by atoms with Gasteiger partial charge in [-0.1, -0.05) is 11.6 Å². The molecule has 0 saturated carbocycles. The summed E-state index contributed by atoms with van der Waals surface area (Å²) in [4.78, 5) is 10.1. The van der Waals surface area contributed by atoms with Crippen molar-refractivity contribution in [2.45, 2.75) is 6.92 Å². The van der Waals surface area contributed by atoms with E-state index in [1.54, 1.807) is 12.1 Å². The molecule has 2 aromatic rings. The topological polar surface area (TPSA) is 55.2 Å². The molecular weight excluding hydrogens is 351 g/mol. The highest BCUT2D eigenvalue weighted by molar-refractivity contribution is 9.10. The van der Waals surface area contributed by atoms with Gasteiger partial charge in [-0.25, -0.2) is 4.39 Å². The van der Waals surface area contributed by atoms with Gasteiger partial charge in [0.25, 0.3) is 5.69 Å². The molecule has 0 unspecified atom stereocenters. The summed E-state index contributed by atoms with van der Waals surface area (Å²) in [6, 6.07) is 6.76. The number of nitro groups is 1.